The van der Waals surface area contributed by atoms with Crippen molar-refractivity contribution in [2.75, 3.05) is 6.54 Å². The van der Waals surface area contributed by atoms with Crippen LogP contribution in [-0.2, 0) is 0 Å². The Bertz CT molecular complexity index is 623. The number of halogens is 3. The van der Waals surface area contributed by atoms with Crippen molar-refractivity contribution in [1.29, 1.82) is 0 Å². The maximum absolute atomic E-state index is 13.9. The minimum Gasteiger partial charge on any atom is -0.369 e. The second-order valence-corrected chi connectivity index (χ2v) is 6.07. The van der Waals surface area contributed by atoms with Crippen LogP contribution in [-0.4, -0.2) is 33.9 Å². The Hall–Kier alpha value is -1.34. The molecule has 0 aliphatic carbocycles. The molecular weight excluding hydrogens is 308 g/mol. The topological polar surface area (TPSA) is 58.7 Å². The van der Waals surface area contributed by atoms with Gasteiger partial charge in [-0.15, -0.1) is 0 Å². The summed E-state index contributed by atoms with van der Waals surface area (Å²) in [6.07, 6.45) is -0.260. The number of alkyl halides is 2. The molecular formula is C12H10ClF2N3OS. The summed E-state index contributed by atoms with van der Waals surface area (Å²) < 4.78 is 27.8. The highest BCUT2D eigenvalue weighted by molar-refractivity contribution is 8.00. The Morgan fingerprint density at radius 1 is 1.55 bits per heavy atom. The predicted octanol–water partition coefficient (Wildman–Crippen LogP) is 2.78. The minimum atomic E-state index is -2.85. The summed E-state index contributed by atoms with van der Waals surface area (Å²) in [7, 11) is 0. The van der Waals surface area contributed by atoms with Gasteiger partial charge in [0, 0.05) is 23.4 Å². The number of nitrogens with zero attached hydrogens (tertiary/aromatic N) is 2. The molecule has 2 heterocycles. The lowest BCUT2D eigenvalue weighted by Gasteiger charge is -2.25. The van der Waals surface area contributed by atoms with E-state index in [4.69, 9.17) is 17.3 Å². The first-order chi connectivity index (χ1) is 9.38. The van der Waals surface area contributed by atoms with Crippen molar-refractivity contribution < 1.29 is 13.6 Å². The van der Waals surface area contributed by atoms with Crippen LogP contribution in [0.4, 0.5) is 14.5 Å². The fourth-order valence-electron chi connectivity index (χ4n) is 2.25. The van der Waals surface area contributed by atoms with Gasteiger partial charge in [-0.05, 0) is 29.8 Å². The van der Waals surface area contributed by atoms with E-state index in [1.807, 2.05) is 0 Å². The molecule has 0 saturated carbocycles. The van der Waals surface area contributed by atoms with Crippen LogP contribution in [0, 0.1) is 0 Å². The van der Waals surface area contributed by atoms with Crippen molar-refractivity contribution in [3.05, 3.63) is 23.8 Å². The van der Waals surface area contributed by atoms with Crippen LogP contribution in [0.3, 0.4) is 0 Å². The molecule has 1 aromatic carbocycles. The Labute approximate surface area is 123 Å². The third-order valence-corrected chi connectivity index (χ3v) is 4.91. The zero-order valence-corrected chi connectivity index (χ0v) is 11.7. The lowest BCUT2D eigenvalue weighted by Crippen LogP contribution is -2.43. The largest absolute Gasteiger partial charge is 0.369 e. The second kappa shape index (κ2) is 4.60. The summed E-state index contributed by atoms with van der Waals surface area (Å²) in [5.41, 5.74) is 6.51. The molecule has 1 fully saturated rings. The monoisotopic (exact) mass is 317 g/mol. The molecule has 0 unspecified atom stereocenters. The molecule has 20 heavy (non-hydrogen) atoms. The first-order valence-corrected chi connectivity index (χ1v) is 7.13. The molecule has 8 heteroatoms. The van der Waals surface area contributed by atoms with Gasteiger partial charge in [0.05, 0.1) is 5.69 Å². The van der Waals surface area contributed by atoms with E-state index in [0.717, 1.165) is 11.8 Å². The van der Waals surface area contributed by atoms with E-state index in [2.05, 4.69) is 4.99 Å². The highest BCUT2D eigenvalue weighted by Gasteiger charge is 2.51. The smallest absolute Gasteiger partial charge is 0.279 e. The van der Waals surface area contributed by atoms with Crippen LogP contribution in [0.15, 0.2) is 28.1 Å². The molecule has 0 bridgehead atoms. The lowest BCUT2D eigenvalue weighted by molar-refractivity contribution is 0.00601. The van der Waals surface area contributed by atoms with Gasteiger partial charge in [0.25, 0.3) is 11.2 Å². The number of rotatable bonds is 1. The highest BCUT2D eigenvalue weighted by Crippen LogP contribution is 2.47. The number of nitrogens with two attached hydrogens (primary N) is 1. The van der Waals surface area contributed by atoms with Crippen LogP contribution >= 0.6 is 23.4 Å². The lowest BCUT2D eigenvalue weighted by atomic mass is 10.2. The van der Waals surface area contributed by atoms with Crippen LogP contribution in [0.5, 0.6) is 0 Å². The predicted molar refractivity (Wildman–Crippen MR) is 73.8 cm³/mol. The molecule has 2 N–H and O–H groups in total. The van der Waals surface area contributed by atoms with Gasteiger partial charge >= 0.3 is 0 Å². The van der Waals surface area contributed by atoms with Crippen LogP contribution in [0.1, 0.15) is 16.8 Å². The molecule has 2 aliphatic heterocycles. The van der Waals surface area contributed by atoms with Gasteiger partial charge in [0.2, 0.25) is 0 Å². The van der Waals surface area contributed by atoms with E-state index >= 15 is 0 Å². The van der Waals surface area contributed by atoms with E-state index in [9.17, 15) is 13.6 Å². The summed E-state index contributed by atoms with van der Waals surface area (Å²) in [6, 6.07) is 4.54. The van der Waals surface area contributed by atoms with Gasteiger partial charge in [-0.2, -0.15) is 0 Å². The zero-order valence-electron chi connectivity index (χ0n) is 10.1. The summed E-state index contributed by atoms with van der Waals surface area (Å²) in [6.45, 7) is 0.162. The molecule has 4 nitrogen and oxygen atoms in total. The van der Waals surface area contributed by atoms with E-state index in [1.165, 1.54) is 17.0 Å². The maximum atomic E-state index is 13.9. The number of carbonyl (C=O) groups is 1. The van der Waals surface area contributed by atoms with Gasteiger partial charge in [-0.3, -0.25) is 4.79 Å². The Balaban J connectivity index is 2.08. The summed E-state index contributed by atoms with van der Waals surface area (Å²) in [5, 5.41) is -1.74. The number of fused-ring (bicyclic) bond motifs is 2. The van der Waals surface area contributed by atoms with E-state index in [0.29, 0.717) is 10.6 Å². The van der Waals surface area contributed by atoms with Crippen molar-refractivity contribution in [2.45, 2.75) is 22.6 Å². The Morgan fingerprint density at radius 3 is 3.00 bits per heavy atom. The molecule has 3 rings (SSSR count). The quantitative estimate of drug-likeness (QED) is 0.809. The van der Waals surface area contributed by atoms with Gasteiger partial charge < -0.3 is 10.6 Å². The number of carbonyl (C=O) groups excluding carboxylic acids is 1. The van der Waals surface area contributed by atoms with Crippen molar-refractivity contribution in [3.63, 3.8) is 0 Å². The van der Waals surface area contributed by atoms with E-state index in [-0.39, 0.29) is 24.5 Å². The molecule has 0 amide bonds. The molecule has 1 saturated heterocycles. The fraction of sp³-hybridized carbons (Fsp3) is 0.333. The number of thioether (sulfide) groups is 1. The molecule has 1 atom stereocenters. The average molecular weight is 318 g/mol. The summed E-state index contributed by atoms with van der Waals surface area (Å²) >= 11 is 6.38. The molecule has 0 aromatic heterocycles. The molecule has 1 aromatic rings. The number of guanidine groups is 1. The third-order valence-electron chi connectivity index (χ3n) is 3.29. The standard InChI is InChI=1S/C12H10ClF2N3OS/c13-9(19)6-1-2-7-8(5-6)20-10-12(14,15)3-4-18(10)11(16)17-7/h1-2,5,10H,3-4H2,(H2,16,17)/t10-/m0/s1. The van der Waals surface area contributed by atoms with Gasteiger partial charge in [-0.1, -0.05) is 11.8 Å². The van der Waals surface area contributed by atoms with E-state index in [1.54, 1.807) is 6.07 Å². The number of benzene rings is 1. The highest BCUT2D eigenvalue weighted by atomic mass is 35.5. The van der Waals surface area contributed by atoms with Crippen LogP contribution < -0.4 is 5.73 Å². The SMILES string of the molecule is NC1=Nc2ccc(C(=O)Cl)cc2S[C@@H]2N1CCC2(F)F. The Morgan fingerprint density at radius 2 is 2.30 bits per heavy atom. The van der Waals surface area contributed by atoms with Gasteiger partial charge in [0.1, 0.15) is 5.37 Å². The zero-order chi connectivity index (χ0) is 14.5. The summed E-state index contributed by atoms with van der Waals surface area (Å²) in [4.78, 5) is 17.2. The third kappa shape index (κ3) is 2.14. The van der Waals surface area contributed by atoms with Crippen LogP contribution in [0.2, 0.25) is 0 Å². The normalized spacial score (nSPS) is 23.6. The molecule has 0 radical (unpaired) electrons. The number of aliphatic imine (C=N–C) groups is 1. The first-order valence-electron chi connectivity index (χ1n) is 5.88. The van der Waals surface area contributed by atoms with Crippen molar-refractivity contribution in [1.82, 2.24) is 4.90 Å². The fourth-order valence-corrected chi connectivity index (χ4v) is 3.67. The molecule has 0 spiro atoms. The summed E-state index contributed by atoms with van der Waals surface area (Å²) in [5.74, 6) is -2.78. The molecule has 2 aliphatic rings. The van der Waals surface area contributed by atoms with Gasteiger partial charge in [-0.25, -0.2) is 13.8 Å². The maximum Gasteiger partial charge on any atom is 0.279 e. The molecule has 106 valence electrons. The van der Waals surface area contributed by atoms with Crippen molar-refractivity contribution >= 4 is 40.3 Å². The van der Waals surface area contributed by atoms with Gasteiger partial charge in [0.15, 0.2) is 5.96 Å². The van der Waals surface area contributed by atoms with Crippen molar-refractivity contribution in [2.24, 2.45) is 10.7 Å². The number of hydrogen-bond donors (Lipinski definition) is 1. The Kier molecular flexibility index (Phi) is 3.13. The van der Waals surface area contributed by atoms with E-state index < -0.39 is 16.5 Å². The van der Waals surface area contributed by atoms with Crippen molar-refractivity contribution in [3.8, 4) is 0 Å². The minimum absolute atomic E-state index is 0.0726. The average Bonchev–Trinajstić information content (AvgIpc) is 2.59. The second-order valence-electron chi connectivity index (χ2n) is 4.60. The number of hydrogen-bond acceptors (Lipinski definition) is 5. The van der Waals surface area contributed by atoms with Crippen LogP contribution in [0.25, 0.3) is 0 Å². The first kappa shape index (κ1) is 13.6.